The highest BCUT2D eigenvalue weighted by molar-refractivity contribution is 7.88. The van der Waals surface area contributed by atoms with Gasteiger partial charge in [-0.3, -0.25) is 4.79 Å². The first-order valence-corrected chi connectivity index (χ1v) is 10.8. The Bertz CT molecular complexity index is 911. The molecular formula is C18H24N4O4S. The van der Waals surface area contributed by atoms with E-state index in [0.717, 1.165) is 17.2 Å². The van der Waals surface area contributed by atoms with Gasteiger partial charge in [-0.05, 0) is 18.6 Å². The molecule has 0 aliphatic carbocycles. The van der Waals surface area contributed by atoms with Gasteiger partial charge in [0, 0.05) is 31.6 Å². The molecule has 1 aliphatic heterocycles. The Morgan fingerprint density at radius 1 is 1.22 bits per heavy atom. The summed E-state index contributed by atoms with van der Waals surface area (Å²) in [4.78, 5) is 19.4. The standard InChI is InChI=1S/C18H24N4O4S/c1-27(24,25)20-8-4-7-19-17-13-15(14-5-2-3-6-16(14)21-17)18(23)22-9-11-26-12-10-22/h2-3,5-6,13,20H,4,7-12H2,1H3,(H,19,21). The van der Waals surface area contributed by atoms with E-state index in [4.69, 9.17) is 4.74 Å². The van der Waals surface area contributed by atoms with E-state index in [1.54, 1.807) is 11.0 Å². The number of nitrogens with zero attached hydrogens (tertiary/aromatic N) is 2. The van der Waals surface area contributed by atoms with Crippen LogP contribution in [0.3, 0.4) is 0 Å². The molecule has 9 heteroatoms. The number of ether oxygens (including phenoxy) is 1. The molecule has 1 aromatic carbocycles. The molecule has 2 heterocycles. The molecule has 1 amide bonds. The number of sulfonamides is 1. The molecule has 2 N–H and O–H groups in total. The number of fused-ring (bicyclic) bond motifs is 1. The van der Waals surface area contributed by atoms with E-state index in [1.165, 1.54) is 0 Å². The Balaban J connectivity index is 1.75. The number of hydrogen-bond donors (Lipinski definition) is 2. The predicted molar refractivity (Wildman–Crippen MR) is 104 cm³/mol. The van der Waals surface area contributed by atoms with E-state index in [9.17, 15) is 13.2 Å². The summed E-state index contributed by atoms with van der Waals surface area (Å²) in [5.41, 5.74) is 1.35. The molecule has 0 unspecified atom stereocenters. The quantitative estimate of drug-likeness (QED) is 0.684. The van der Waals surface area contributed by atoms with Gasteiger partial charge in [-0.2, -0.15) is 0 Å². The van der Waals surface area contributed by atoms with Crippen molar-refractivity contribution in [2.24, 2.45) is 0 Å². The largest absolute Gasteiger partial charge is 0.378 e. The third-order valence-corrected chi connectivity index (χ3v) is 5.00. The van der Waals surface area contributed by atoms with Crippen molar-refractivity contribution in [2.45, 2.75) is 6.42 Å². The molecule has 0 saturated carbocycles. The second kappa shape index (κ2) is 8.64. The minimum absolute atomic E-state index is 0.0290. The summed E-state index contributed by atoms with van der Waals surface area (Å²) >= 11 is 0. The number of pyridine rings is 1. The number of morpholine rings is 1. The molecular weight excluding hydrogens is 368 g/mol. The number of carbonyl (C=O) groups excluding carboxylic acids is 1. The van der Waals surface area contributed by atoms with E-state index >= 15 is 0 Å². The van der Waals surface area contributed by atoms with Gasteiger partial charge in [-0.15, -0.1) is 0 Å². The summed E-state index contributed by atoms with van der Waals surface area (Å²) in [7, 11) is -3.18. The molecule has 1 aromatic heterocycles. The summed E-state index contributed by atoms with van der Waals surface area (Å²) in [6.45, 7) is 3.14. The summed E-state index contributed by atoms with van der Waals surface area (Å²) < 4.78 is 30.0. The molecule has 1 aliphatic rings. The average molecular weight is 392 g/mol. The fraction of sp³-hybridized carbons (Fsp3) is 0.444. The molecule has 8 nitrogen and oxygen atoms in total. The number of carbonyl (C=O) groups is 1. The van der Waals surface area contributed by atoms with Crippen molar-refractivity contribution in [3.63, 3.8) is 0 Å². The zero-order valence-electron chi connectivity index (χ0n) is 15.3. The number of rotatable bonds is 7. The third-order valence-electron chi connectivity index (χ3n) is 4.27. The molecule has 0 radical (unpaired) electrons. The lowest BCUT2D eigenvalue weighted by molar-refractivity contribution is 0.0304. The van der Waals surface area contributed by atoms with Gasteiger partial charge < -0.3 is 15.0 Å². The zero-order valence-corrected chi connectivity index (χ0v) is 16.1. The number of anilines is 1. The molecule has 0 bridgehead atoms. The maximum absolute atomic E-state index is 13.0. The summed E-state index contributed by atoms with van der Waals surface area (Å²) in [6, 6.07) is 9.32. The molecule has 0 spiro atoms. The van der Waals surface area contributed by atoms with Crippen molar-refractivity contribution < 1.29 is 17.9 Å². The number of aromatic nitrogens is 1. The van der Waals surface area contributed by atoms with Gasteiger partial charge in [-0.1, -0.05) is 18.2 Å². The fourth-order valence-corrected chi connectivity index (χ4v) is 3.46. The van der Waals surface area contributed by atoms with Crippen LogP contribution >= 0.6 is 0 Å². The topological polar surface area (TPSA) is 101 Å². The Hall–Kier alpha value is -2.23. The van der Waals surface area contributed by atoms with Crippen LogP contribution in [0.2, 0.25) is 0 Å². The van der Waals surface area contributed by atoms with Crippen LogP contribution in [0.4, 0.5) is 5.82 Å². The van der Waals surface area contributed by atoms with Crippen LogP contribution in [0, 0.1) is 0 Å². The van der Waals surface area contributed by atoms with Crippen molar-refractivity contribution >= 4 is 32.7 Å². The number of nitrogens with one attached hydrogen (secondary N) is 2. The van der Waals surface area contributed by atoms with Crippen molar-refractivity contribution in [3.8, 4) is 0 Å². The molecule has 0 atom stereocenters. The van der Waals surface area contributed by atoms with Crippen LogP contribution in [-0.2, 0) is 14.8 Å². The summed E-state index contributed by atoms with van der Waals surface area (Å²) in [5.74, 6) is 0.573. The normalized spacial score (nSPS) is 15.1. The highest BCUT2D eigenvalue weighted by Gasteiger charge is 2.21. The van der Waals surface area contributed by atoms with Crippen molar-refractivity contribution in [3.05, 3.63) is 35.9 Å². The van der Waals surface area contributed by atoms with Crippen LogP contribution in [0.5, 0.6) is 0 Å². The Labute approximate surface area is 159 Å². The SMILES string of the molecule is CS(=O)(=O)NCCCNc1cc(C(=O)N2CCOCC2)c2ccccc2n1. The third kappa shape index (κ3) is 5.38. The maximum atomic E-state index is 13.0. The van der Waals surface area contributed by atoms with E-state index in [2.05, 4.69) is 15.0 Å². The molecule has 1 saturated heterocycles. The van der Waals surface area contributed by atoms with Crippen molar-refractivity contribution in [1.29, 1.82) is 0 Å². The van der Waals surface area contributed by atoms with Crippen LogP contribution in [-0.4, -0.2) is 69.9 Å². The predicted octanol–water partition coefficient (Wildman–Crippen LogP) is 1.06. The van der Waals surface area contributed by atoms with E-state index < -0.39 is 10.0 Å². The Kier molecular flexibility index (Phi) is 6.25. The van der Waals surface area contributed by atoms with Gasteiger partial charge >= 0.3 is 0 Å². The first-order valence-electron chi connectivity index (χ1n) is 8.89. The van der Waals surface area contributed by atoms with Gasteiger partial charge in [0.25, 0.3) is 5.91 Å². The minimum Gasteiger partial charge on any atom is -0.378 e. The van der Waals surface area contributed by atoms with Gasteiger partial charge in [0.1, 0.15) is 5.82 Å². The summed E-state index contributed by atoms with van der Waals surface area (Å²) in [6.07, 6.45) is 1.74. The highest BCUT2D eigenvalue weighted by atomic mass is 32.2. The van der Waals surface area contributed by atoms with E-state index in [-0.39, 0.29) is 5.91 Å². The number of hydrogen-bond acceptors (Lipinski definition) is 6. The van der Waals surface area contributed by atoms with Crippen LogP contribution in [0.25, 0.3) is 10.9 Å². The van der Waals surface area contributed by atoms with Gasteiger partial charge in [0.15, 0.2) is 0 Å². The Morgan fingerprint density at radius 3 is 2.70 bits per heavy atom. The van der Waals surface area contributed by atoms with E-state index in [0.29, 0.717) is 57.2 Å². The van der Waals surface area contributed by atoms with Gasteiger partial charge in [0.05, 0.1) is 30.5 Å². The van der Waals surface area contributed by atoms with Gasteiger partial charge in [0.2, 0.25) is 10.0 Å². The smallest absolute Gasteiger partial charge is 0.254 e. The number of benzene rings is 1. The number of amides is 1. The molecule has 146 valence electrons. The Morgan fingerprint density at radius 2 is 1.96 bits per heavy atom. The monoisotopic (exact) mass is 392 g/mol. The summed E-state index contributed by atoms with van der Waals surface area (Å²) in [5, 5.41) is 4.00. The molecule has 3 rings (SSSR count). The lowest BCUT2D eigenvalue weighted by Crippen LogP contribution is -2.40. The van der Waals surface area contributed by atoms with Crippen LogP contribution in [0.1, 0.15) is 16.8 Å². The second-order valence-electron chi connectivity index (χ2n) is 6.42. The minimum atomic E-state index is -3.18. The first kappa shape index (κ1) is 19.5. The molecule has 2 aromatic rings. The first-order chi connectivity index (χ1) is 12.9. The molecule has 27 heavy (non-hydrogen) atoms. The van der Waals surface area contributed by atoms with E-state index in [1.807, 2.05) is 24.3 Å². The number of para-hydroxylation sites is 1. The highest BCUT2D eigenvalue weighted by Crippen LogP contribution is 2.22. The lowest BCUT2D eigenvalue weighted by atomic mass is 10.1. The maximum Gasteiger partial charge on any atom is 0.254 e. The van der Waals surface area contributed by atoms with Crippen LogP contribution in [0.15, 0.2) is 30.3 Å². The second-order valence-corrected chi connectivity index (χ2v) is 8.26. The lowest BCUT2D eigenvalue weighted by Gasteiger charge is -2.27. The van der Waals surface area contributed by atoms with Gasteiger partial charge in [-0.25, -0.2) is 18.1 Å². The van der Waals surface area contributed by atoms with Crippen LogP contribution < -0.4 is 10.0 Å². The van der Waals surface area contributed by atoms with Crippen molar-refractivity contribution in [2.75, 3.05) is 51.0 Å². The zero-order chi connectivity index (χ0) is 19.3. The average Bonchev–Trinajstić information content (AvgIpc) is 2.66. The molecule has 1 fully saturated rings. The van der Waals surface area contributed by atoms with Crippen molar-refractivity contribution in [1.82, 2.24) is 14.6 Å². The fourth-order valence-electron chi connectivity index (χ4n) is 2.94.